The SMILES string of the molecule is O=C(Nc1ccc(CCC(=O)N2CCC2C(=O)O)cc1)OCC1c2ccccc2-c2ccccc21. The average molecular weight is 471 g/mol. The third-order valence-electron chi connectivity index (χ3n) is 6.80. The first kappa shape index (κ1) is 22.7. The molecular formula is C28H26N2O5. The number of likely N-dealkylation sites (tertiary alicyclic amines) is 1. The Morgan fingerprint density at radius 3 is 2.11 bits per heavy atom. The van der Waals surface area contributed by atoms with Crippen LogP contribution in [-0.2, 0) is 20.7 Å². The molecule has 2 amide bonds. The molecule has 178 valence electrons. The average Bonchev–Trinajstić information content (AvgIpc) is 3.15. The van der Waals surface area contributed by atoms with Gasteiger partial charge in [0.1, 0.15) is 12.6 Å². The van der Waals surface area contributed by atoms with Crippen LogP contribution in [0.15, 0.2) is 72.8 Å². The lowest BCUT2D eigenvalue weighted by Crippen LogP contribution is -2.55. The van der Waals surface area contributed by atoms with E-state index in [1.807, 2.05) is 36.4 Å². The molecule has 1 atom stereocenters. The highest BCUT2D eigenvalue weighted by molar-refractivity contribution is 5.86. The number of anilines is 1. The van der Waals surface area contributed by atoms with Crippen LogP contribution in [0.4, 0.5) is 10.5 Å². The van der Waals surface area contributed by atoms with E-state index in [0.29, 0.717) is 25.1 Å². The van der Waals surface area contributed by atoms with Crippen LogP contribution in [0.3, 0.4) is 0 Å². The third-order valence-corrected chi connectivity index (χ3v) is 6.80. The van der Waals surface area contributed by atoms with Crippen LogP contribution in [0.5, 0.6) is 0 Å². The number of rotatable bonds is 7. The summed E-state index contributed by atoms with van der Waals surface area (Å²) in [6.45, 7) is 0.743. The van der Waals surface area contributed by atoms with Crippen molar-refractivity contribution >= 4 is 23.7 Å². The summed E-state index contributed by atoms with van der Waals surface area (Å²) in [6.07, 6.45) is 0.750. The molecule has 1 fully saturated rings. The Kier molecular flexibility index (Phi) is 6.23. The van der Waals surface area contributed by atoms with Crippen LogP contribution in [0, 0.1) is 0 Å². The Balaban J connectivity index is 1.13. The maximum Gasteiger partial charge on any atom is 0.411 e. The summed E-state index contributed by atoms with van der Waals surface area (Å²) in [6, 6.07) is 22.9. The minimum absolute atomic E-state index is 0.000180. The summed E-state index contributed by atoms with van der Waals surface area (Å²) >= 11 is 0. The van der Waals surface area contributed by atoms with Gasteiger partial charge in [-0.1, -0.05) is 60.7 Å². The maximum absolute atomic E-state index is 12.5. The van der Waals surface area contributed by atoms with Gasteiger partial charge in [-0.05, 0) is 52.8 Å². The molecule has 0 bridgehead atoms. The largest absolute Gasteiger partial charge is 0.480 e. The Morgan fingerprint density at radius 1 is 0.914 bits per heavy atom. The van der Waals surface area contributed by atoms with Crippen LogP contribution in [-0.4, -0.2) is 47.2 Å². The molecule has 0 spiro atoms. The van der Waals surface area contributed by atoms with Crippen molar-refractivity contribution in [3.63, 3.8) is 0 Å². The molecule has 1 saturated heterocycles. The maximum atomic E-state index is 12.5. The number of aryl methyl sites for hydroxylation is 1. The zero-order valence-corrected chi connectivity index (χ0v) is 19.1. The van der Waals surface area contributed by atoms with E-state index in [0.717, 1.165) is 16.7 Å². The van der Waals surface area contributed by atoms with Gasteiger partial charge in [0.2, 0.25) is 5.91 Å². The molecule has 0 radical (unpaired) electrons. The fourth-order valence-corrected chi connectivity index (χ4v) is 4.84. The summed E-state index contributed by atoms with van der Waals surface area (Å²) in [7, 11) is 0. The van der Waals surface area contributed by atoms with E-state index < -0.39 is 18.1 Å². The number of amides is 2. The molecule has 7 nitrogen and oxygen atoms in total. The second kappa shape index (κ2) is 9.62. The molecule has 1 unspecified atom stereocenters. The number of aliphatic carboxylic acids is 1. The van der Waals surface area contributed by atoms with Gasteiger partial charge in [-0.15, -0.1) is 0 Å². The van der Waals surface area contributed by atoms with Crippen molar-refractivity contribution in [3.05, 3.63) is 89.5 Å². The van der Waals surface area contributed by atoms with Crippen LogP contribution in [0.25, 0.3) is 11.1 Å². The Hall–Kier alpha value is -4.13. The van der Waals surface area contributed by atoms with Gasteiger partial charge in [0.25, 0.3) is 0 Å². The number of carboxylic acids is 1. The van der Waals surface area contributed by atoms with Crippen molar-refractivity contribution < 1.29 is 24.2 Å². The number of carbonyl (C=O) groups excluding carboxylic acids is 2. The van der Waals surface area contributed by atoms with E-state index in [1.165, 1.54) is 16.0 Å². The number of nitrogens with zero attached hydrogens (tertiary/aromatic N) is 1. The summed E-state index contributed by atoms with van der Waals surface area (Å²) < 4.78 is 5.58. The Morgan fingerprint density at radius 2 is 1.54 bits per heavy atom. The number of ether oxygens (including phenoxy) is 1. The first-order valence-corrected chi connectivity index (χ1v) is 11.7. The monoisotopic (exact) mass is 470 g/mol. The Labute approximate surface area is 203 Å². The van der Waals surface area contributed by atoms with Crippen molar-refractivity contribution in [2.75, 3.05) is 18.5 Å². The highest BCUT2D eigenvalue weighted by Crippen LogP contribution is 2.44. The fourth-order valence-electron chi connectivity index (χ4n) is 4.84. The highest BCUT2D eigenvalue weighted by Gasteiger charge is 2.37. The standard InChI is InChI=1S/C28H26N2O5/c31-26(30-16-15-25(30)27(32)33)14-11-18-9-12-19(13-10-18)29-28(34)35-17-24-22-7-3-1-5-20(22)21-6-2-4-8-23(21)24/h1-10,12-13,24-25H,11,14-17H2,(H,29,34)(H,32,33). The summed E-state index contributed by atoms with van der Waals surface area (Å²) in [5.41, 5.74) is 6.22. The van der Waals surface area contributed by atoms with Crippen molar-refractivity contribution in [1.82, 2.24) is 4.90 Å². The lowest BCUT2D eigenvalue weighted by molar-refractivity contribution is -0.157. The second-order valence-corrected chi connectivity index (χ2v) is 8.88. The van der Waals surface area contributed by atoms with E-state index in [1.54, 1.807) is 12.1 Å². The van der Waals surface area contributed by atoms with Crippen molar-refractivity contribution in [3.8, 4) is 11.1 Å². The minimum Gasteiger partial charge on any atom is -0.480 e. The van der Waals surface area contributed by atoms with Gasteiger partial charge in [-0.3, -0.25) is 10.1 Å². The van der Waals surface area contributed by atoms with Crippen LogP contribution in [0.2, 0.25) is 0 Å². The van der Waals surface area contributed by atoms with E-state index in [-0.39, 0.29) is 24.9 Å². The number of benzene rings is 3. The van der Waals surface area contributed by atoms with E-state index in [4.69, 9.17) is 9.84 Å². The molecule has 2 aliphatic rings. The number of hydrogen-bond acceptors (Lipinski definition) is 4. The normalized spacial score (nSPS) is 16.1. The molecule has 1 aliphatic carbocycles. The lowest BCUT2D eigenvalue weighted by atomic mass is 9.98. The van der Waals surface area contributed by atoms with Crippen LogP contribution < -0.4 is 5.32 Å². The predicted molar refractivity (Wildman–Crippen MR) is 131 cm³/mol. The van der Waals surface area contributed by atoms with Gasteiger partial charge in [-0.2, -0.15) is 0 Å². The van der Waals surface area contributed by atoms with Crippen LogP contribution >= 0.6 is 0 Å². The molecule has 2 N–H and O–H groups in total. The quantitative estimate of drug-likeness (QED) is 0.523. The molecule has 1 heterocycles. The zero-order chi connectivity index (χ0) is 24.4. The van der Waals surface area contributed by atoms with E-state index in [2.05, 4.69) is 29.6 Å². The molecule has 0 aromatic heterocycles. The first-order valence-electron chi connectivity index (χ1n) is 11.7. The number of carboxylic acid groups (broad SMARTS) is 1. The summed E-state index contributed by atoms with van der Waals surface area (Å²) in [4.78, 5) is 37.2. The summed E-state index contributed by atoms with van der Waals surface area (Å²) in [5.74, 6) is -1.10. The van der Waals surface area contributed by atoms with E-state index >= 15 is 0 Å². The van der Waals surface area contributed by atoms with Crippen LogP contribution in [0.1, 0.15) is 35.4 Å². The minimum atomic E-state index is -0.951. The number of hydrogen-bond donors (Lipinski definition) is 2. The lowest BCUT2D eigenvalue weighted by Gasteiger charge is -2.38. The molecule has 3 aromatic rings. The number of nitrogens with one attached hydrogen (secondary N) is 1. The molecular weight excluding hydrogens is 444 g/mol. The highest BCUT2D eigenvalue weighted by atomic mass is 16.5. The van der Waals surface area contributed by atoms with Gasteiger partial charge >= 0.3 is 12.1 Å². The van der Waals surface area contributed by atoms with E-state index in [9.17, 15) is 14.4 Å². The van der Waals surface area contributed by atoms with Gasteiger partial charge in [0.15, 0.2) is 0 Å². The van der Waals surface area contributed by atoms with Crippen molar-refractivity contribution in [1.29, 1.82) is 0 Å². The van der Waals surface area contributed by atoms with Crippen molar-refractivity contribution in [2.45, 2.75) is 31.2 Å². The molecule has 1 aliphatic heterocycles. The second-order valence-electron chi connectivity index (χ2n) is 8.88. The van der Waals surface area contributed by atoms with Gasteiger partial charge in [-0.25, -0.2) is 9.59 Å². The molecule has 5 rings (SSSR count). The smallest absolute Gasteiger partial charge is 0.411 e. The molecule has 35 heavy (non-hydrogen) atoms. The molecule has 7 heteroatoms. The van der Waals surface area contributed by atoms with Gasteiger partial charge < -0.3 is 14.7 Å². The zero-order valence-electron chi connectivity index (χ0n) is 19.1. The summed E-state index contributed by atoms with van der Waals surface area (Å²) in [5, 5.41) is 11.8. The predicted octanol–water partition coefficient (Wildman–Crippen LogP) is 4.67. The topological polar surface area (TPSA) is 95.9 Å². The third kappa shape index (κ3) is 4.62. The number of carbonyl (C=O) groups is 3. The molecule has 3 aromatic carbocycles. The fraction of sp³-hybridized carbons (Fsp3) is 0.250. The van der Waals surface area contributed by atoms with Gasteiger partial charge in [0.05, 0.1) is 0 Å². The first-order chi connectivity index (χ1) is 17.0. The molecule has 0 saturated carbocycles. The Bertz CT molecular complexity index is 1220. The van der Waals surface area contributed by atoms with Gasteiger partial charge in [0, 0.05) is 24.6 Å². The van der Waals surface area contributed by atoms with Crippen molar-refractivity contribution in [2.24, 2.45) is 0 Å². The number of fused-ring (bicyclic) bond motifs is 3.